The molecule has 0 radical (unpaired) electrons. The van der Waals surface area contributed by atoms with Crippen molar-refractivity contribution in [1.29, 1.82) is 0 Å². The highest BCUT2D eigenvalue weighted by molar-refractivity contribution is 5.00. The zero-order chi connectivity index (χ0) is 12.8. The molecular weight excluding hydrogens is 228 g/mol. The van der Waals surface area contributed by atoms with Crippen LogP contribution in [-0.2, 0) is 9.47 Å². The van der Waals surface area contributed by atoms with Gasteiger partial charge in [-0.05, 0) is 49.9 Å². The molecule has 1 saturated heterocycles. The predicted octanol–water partition coefficient (Wildman–Crippen LogP) is 2.72. The number of hydrogen-bond acceptors (Lipinski definition) is 3. The summed E-state index contributed by atoms with van der Waals surface area (Å²) >= 11 is 0. The van der Waals surface area contributed by atoms with E-state index in [1.807, 2.05) is 0 Å². The zero-order valence-corrected chi connectivity index (χ0v) is 11.6. The molecule has 104 valence electrons. The minimum atomic E-state index is -0.162. The second-order valence-electron chi connectivity index (χ2n) is 7.06. The molecule has 0 aromatic carbocycles. The van der Waals surface area contributed by atoms with Crippen molar-refractivity contribution in [2.24, 2.45) is 17.3 Å². The van der Waals surface area contributed by atoms with Gasteiger partial charge in [-0.15, -0.1) is 0 Å². The van der Waals surface area contributed by atoms with E-state index in [4.69, 9.17) is 9.47 Å². The number of ether oxygens (including phenoxy) is 2. The Hall–Kier alpha value is -0.120. The summed E-state index contributed by atoms with van der Waals surface area (Å²) < 4.78 is 11.8. The van der Waals surface area contributed by atoms with Crippen molar-refractivity contribution in [2.45, 2.75) is 70.9 Å². The molecule has 0 aromatic rings. The summed E-state index contributed by atoms with van der Waals surface area (Å²) in [5.74, 6) is 0.918. The topological polar surface area (TPSA) is 38.7 Å². The molecule has 1 N–H and O–H groups in total. The van der Waals surface area contributed by atoms with Crippen molar-refractivity contribution in [3.8, 4) is 0 Å². The van der Waals surface area contributed by atoms with Crippen LogP contribution in [0.4, 0.5) is 0 Å². The molecule has 3 nitrogen and oxygen atoms in total. The second-order valence-corrected chi connectivity index (χ2v) is 7.06. The van der Waals surface area contributed by atoms with Crippen LogP contribution < -0.4 is 0 Å². The average Bonchev–Trinajstić information content (AvgIpc) is 2.33. The third-order valence-corrected chi connectivity index (χ3v) is 5.35. The van der Waals surface area contributed by atoms with Crippen LogP contribution >= 0.6 is 0 Å². The quantitative estimate of drug-likeness (QED) is 0.823. The van der Waals surface area contributed by atoms with Crippen LogP contribution in [0.25, 0.3) is 0 Å². The SMILES string of the molecule is CC1(C)C[C@H]2C(O)C[C@@H]1C[C@@H]2OC1CCCCO1. The summed E-state index contributed by atoms with van der Waals surface area (Å²) in [5.41, 5.74) is 0.372. The summed E-state index contributed by atoms with van der Waals surface area (Å²) in [4.78, 5) is 0. The molecule has 4 fully saturated rings. The van der Waals surface area contributed by atoms with Gasteiger partial charge < -0.3 is 14.6 Å². The molecule has 3 aliphatic carbocycles. The number of fused-ring (bicyclic) bond motifs is 3. The Morgan fingerprint density at radius 2 is 2.06 bits per heavy atom. The summed E-state index contributed by atoms with van der Waals surface area (Å²) in [7, 11) is 0. The van der Waals surface area contributed by atoms with E-state index in [2.05, 4.69) is 13.8 Å². The van der Waals surface area contributed by atoms with Crippen molar-refractivity contribution in [3.05, 3.63) is 0 Å². The van der Waals surface area contributed by atoms with E-state index < -0.39 is 0 Å². The molecule has 4 rings (SSSR count). The third-order valence-electron chi connectivity index (χ3n) is 5.35. The van der Waals surface area contributed by atoms with Crippen LogP contribution in [0.3, 0.4) is 0 Å². The Labute approximate surface area is 110 Å². The molecule has 18 heavy (non-hydrogen) atoms. The van der Waals surface area contributed by atoms with Gasteiger partial charge in [0, 0.05) is 12.5 Å². The second kappa shape index (κ2) is 4.77. The highest BCUT2D eigenvalue weighted by Gasteiger charge is 2.51. The van der Waals surface area contributed by atoms with E-state index in [0.29, 0.717) is 17.3 Å². The van der Waals surface area contributed by atoms with Crippen LogP contribution in [-0.4, -0.2) is 30.2 Å². The van der Waals surface area contributed by atoms with E-state index >= 15 is 0 Å². The molecule has 3 saturated carbocycles. The minimum absolute atomic E-state index is 0.0154. The first kappa shape index (κ1) is 12.9. The van der Waals surface area contributed by atoms with Gasteiger partial charge in [-0.3, -0.25) is 0 Å². The van der Waals surface area contributed by atoms with E-state index in [0.717, 1.165) is 38.7 Å². The Balaban J connectivity index is 1.64. The first-order valence-corrected chi connectivity index (χ1v) is 7.51. The fourth-order valence-electron chi connectivity index (χ4n) is 4.12. The van der Waals surface area contributed by atoms with Gasteiger partial charge in [-0.25, -0.2) is 0 Å². The molecule has 0 spiro atoms. The Bertz CT molecular complexity index is 296. The lowest BCUT2D eigenvalue weighted by Crippen LogP contribution is -2.54. The van der Waals surface area contributed by atoms with E-state index in [9.17, 15) is 5.11 Å². The maximum absolute atomic E-state index is 10.2. The summed E-state index contributed by atoms with van der Waals surface area (Å²) in [6, 6.07) is 0. The monoisotopic (exact) mass is 254 g/mol. The normalized spacial score (nSPS) is 47.2. The molecule has 0 amide bonds. The van der Waals surface area contributed by atoms with Gasteiger partial charge in [0.25, 0.3) is 0 Å². The van der Waals surface area contributed by atoms with Gasteiger partial charge in [0.05, 0.1) is 12.2 Å². The molecule has 5 atom stereocenters. The zero-order valence-electron chi connectivity index (χ0n) is 11.6. The average molecular weight is 254 g/mol. The van der Waals surface area contributed by atoms with Crippen LogP contribution in [0.1, 0.15) is 52.4 Å². The summed E-state index contributed by atoms with van der Waals surface area (Å²) in [6.45, 7) is 5.51. The minimum Gasteiger partial charge on any atom is -0.393 e. The van der Waals surface area contributed by atoms with Crippen molar-refractivity contribution in [3.63, 3.8) is 0 Å². The summed E-state index contributed by atoms with van der Waals surface area (Å²) in [5, 5.41) is 10.2. The fraction of sp³-hybridized carbons (Fsp3) is 1.00. The lowest BCUT2D eigenvalue weighted by atomic mass is 9.55. The number of aliphatic hydroxyl groups excluding tert-OH is 1. The molecule has 3 heteroatoms. The van der Waals surface area contributed by atoms with E-state index in [1.165, 1.54) is 6.42 Å². The molecule has 2 unspecified atom stereocenters. The van der Waals surface area contributed by atoms with Crippen LogP contribution in [0.2, 0.25) is 0 Å². The molecule has 1 aliphatic heterocycles. The van der Waals surface area contributed by atoms with E-state index in [-0.39, 0.29) is 18.5 Å². The number of hydrogen-bond donors (Lipinski definition) is 1. The first-order chi connectivity index (χ1) is 8.56. The largest absolute Gasteiger partial charge is 0.393 e. The Kier molecular flexibility index (Phi) is 3.41. The van der Waals surface area contributed by atoms with Crippen LogP contribution in [0.15, 0.2) is 0 Å². The first-order valence-electron chi connectivity index (χ1n) is 7.51. The van der Waals surface area contributed by atoms with Gasteiger partial charge in [0.15, 0.2) is 6.29 Å². The molecular formula is C15H26O3. The lowest BCUT2D eigenvalue weighted by Gasteiger charge is -2.54. The van der Waals surface area contributed by atoms with Crippen molar-refractivity contribution in [1.82, 2.24) is 0 Å². The van der Waals surface area contributed by atoms with Crippen LogP contribution in [0.5, 0.6) is 0 Å². The Morgan fingerprint density at radius 3 is 2.72 bits per heavy atom. The van der Waals surface area contributed by atoms with E-state index in [1.54, 1.807) is 0 Å². The fourth-order valence-corrected chi connectivity index (χ4v) is 4.12. The highest BCUT2D eigenvalue weighted by Crippen LogP contribution is 2.53. The molecule has 0 aromatic heterocycles. The van der Waals surface area contributed by atoms with Gasteiger partial charge in [-0.1, -0.05) is 13.8 Å². The van der Waals surface area contributed by atoms with Crippen LogP contribution in [0, 0.1) is 17.3 Å². The number of aliphatic hydroxyl groups is 1. The van der Waals surface area contributed by atoms with Crippen molar-refractivity contribution in [2.75, 3.05) is 6.61 Å². The highest BCUT2D eigenvalue weighted by atomic mass is 16.7. The lowest BCUT2D eigenvalue weighted by molar-refractivity contribution is -0.239. The Morgan fingerprint density at radius 1 is 1.22 bits per heavy atom. The smallest absolute Gasteiger partial charge is 0.157 e. The molecule has 2 bridgehead atoms. The van der Waals surface area contributed by atoms with Gasteiger partial charge in [0.2, 0.25) is 0 Å². The predicted molar refractivity (Wildman–Crippen MR) is 69.1 cm³/mol. The molecule has 1 heterocycles. The number of rotatable bonds is 2. The van der Waals surface area contributed by atoms with Crippen molar-refractivity contribution < 1.29 is 14.6 Å². The third kappa shape index (κ3) is 2.33. The van der Waals surface area contributed by atoms with Gasteiger partial charge in [-0.2, -0.15) is 0 Å². The van der Waals surface area contributed by atoms with Gasteiger partial charge in [0.1, 0.15) is 0 Å². The van der Waals surface area contributed by atoms with Gasteiger partial charge >= 0.3 is 0 Å². The standard InChI is InChI=1S/C15H26O3/c1-15(2)9-11-12(16)7-10(15)8-13(11)18-14-5-3-4-6-17-14/h10-14,16H,3-9H2,1-2H3/t10-,11+,12?,13+,14?/m1/s1. The maximum atomic E-state index is 10.2. The molecule has 4 aliphatic rings. The summed E-state index contributed by atoms with van der Waals surface area (Å²) in [6.07, 6.45) is 6.59. The maximum Gasteiger partial charge on any atom is 0.157 e. The van der Waals surface area contributed by atoms with Crippen molar-refractivity contribution >= 4 is 0 Å².